The van der Waals surface area contributed by atoms with E-state index >= 15 is 0 Å². The third-order valence-electron chi connectivity index (χ3n) is 12.0. The Morgan fingerprint density at radius 1 is 1.02 bits per heavy atom. The summed E-state index contributed by atoms with van der Waals surface area (Å²) in [5, 5.41) is 6.38. The highest BCUT2D eigenvalue weighted by molar-refractivity contribution is 7.91. The first-order chi connectivity index (χ1) is 27.1. The fourth-order valence-corrected chi connectivity index (χ4v) is 9.53. The largest absolute Gasteiger partial charge is 0.459 e. The normalized spacial score (nSPS) is 26.8. The fourth-order valence-electron chi connectivity index (χ4n) is 8.21. The second kappa shape index (κ2) is 15.9. The average molecular weight is 801 g/mol. The lowest BCUT2D eigenvalue weighted by Crippen LogP contribution is -2.58. The third-order valence-corrected chi connectivity index (χ3v) is 14.1. The van der Waals surface area contributed by atoms with Crippen LogP contribution >= 0.6 is 0 Å². The number of Topliss-reactive ketones (excluding diaryl/α,β-unsaturated/α-hetero) is 1. The average Bonchev–Trinajstić information content (AvgIpc) is 3.98. The van der Waals surface area contributed by atoms with E-state index in [2.05, 4.69) is 15.4 Å². The maximum Gasteiger partial charge on any atom is 0.297 e. The quantitative estimate of drug-likeness (QED) is 0.154. The van der Waals surface area contributed by atoms with Gasteiger partial charge in [0.1, 0.15) is 29.2 Å². The molecule has 3 amide bonds. The van der Waals surface area contributed by atoms with Crippen LogP contribution in [0.3, 0.4) is 0 Å². The van der Waals surface area contributed by atoms with Gasteiger partial charge in [-0.05, 0) is 89.5 Å². The van der Waals surface area contributed by atoms with Gasteiger partial charge in [0.05, 0.1) is 16.8 Å². The van der Waals surface area contributed by atoms with Crippen LogP contribution in [0.4, 0.5) is 5.69 Å². The van der Waals surface area contributed by atoms with Crippen LogP contribution in [0.5, 0.6) is 6.01 Å². The molecule has 4 aliphatic rings. The summed E-state index contributed by atoms with van der Waals surface area (Å²) in [6, 6.07) is 13.5. The SMILES string of the molecule is CC(C)CC(=O)c1cccc2c1nc(O[C@@H]1C[C@H]3C(=O)N[C@]4(C(=O)NS(=O)(=O)C5(C)CC5)C[C@@H]4/C=C\CCCCC[C@H](Nc4ccccc4)C(=O)N3C1)n2C(C)C. The molecular weight excluding hydrogens is 745 g/mol. The summed E-state index contributed by atoms with van der Waals surface area (Å²) < 4.78 is 36.3. The van der Waals surface area contributed by atoms with Crippen molar-refractivity contribution >= 4 is 50.2 Å². The number of hydrogen-bond donors (Lipinski definition) is 3. The Hall–Kier alpha value is -4.72. The predicted octanol–water partition coefficient (Wildman–Crippen LogP) is 6.07. The summed E-state index contributed by atoms with van der Waals surface area (Å²) >= 11 is 0. The van der Waals surface area contributed by atoms with Gasteiger partial charge in [0.15, 0.2) is 5.78 Å². The van der Waals surface area contributed by atoms with Gasteiger partial charge in [0, 0.05) is 36.1 Å². The van der Waals surface area contributed by atoms with Crippen molar-refractivity contribution in [1.29, 1.82) is 0 Å². The van der Waals surface area contributed by atoms with Gasteiger partial charge in [-0.25, -0.2) is 8.42 Å². The minimum absolute atomic E-state index is 0.00761. The maximum absolute atomic E-state index is 14.7. The van der Waals surface area contributed by atoms with Crippen molar-refractivity contribution in [2.75, 3.05) is 11.9 Å². The van der Waals surface area contributed by atoms with Crippen LogP contribution in [-0.4, -0.2) is 81.4 Å². The molecule has 14 heteroatoms. The number of ether oxygens (including phenoxy) is 1. The van der Waals surface area contributed by atoms with Crippen LogP contribution in [0.1, 0.15) is 115 Å². The van der Waals surface area contributed by atoms with Gasteiger partial charge in [-0.15, -0.1) is 0 Å². The lowest BCUT2D eigenvalue weighted by Gasteiger charge is -2.30. The molecule has 0 bridgehead atoms. The van der Waals surface area contributed by atoms with Crippen molar-refractivity contribution in [3.63, 3.8) is 0 Å². The number of amides is 3. The van der Waals surface area contributed by atoms with Gasteiger partial charge in [0.25, 0.3) is 11.9 Å². The number of carbonyl (C=O) groups is 4. The second-order valence-electron chi connectivity index (χ2n) is 17.3. The number of carbonyl (C=O) groups excluding carboxylic acids is 4. The maximum atomic E-state index is 14.7. The number of fused-ring (bicyclic) bond motifs is 3. The Kier molecular flexibility index (Phi) is 11.3. The minimum Gasteiger partial charge on any atom is -0.459 e. The van der Waals surface area contributed by atoms with Crippen molar-refractivity contribution < 1.29 is 32.3 Å². The van der Waals surface area contributed by atoms with E-state index in [9.17, 15) is 27.6 Å². The van der Waals surface area contributed by atoms with Gasteiger partial charge >= 0.3 is 0 Å². The van der Waals surface area contributed by atoms with Gasteiger partial charge in [-0.3, -0.25) is 28.5 Å². The van der Waals surface area contributed by atoms with E-state index in [0.29, 0.717) is 36.8 Å². The topological polar surface area (TPSA) is 169 Å². The molecule has 3 heterocycles. The molecule has 57 heavy (non-hydrogen) atoms. The van der Waals surface area contributed by atoms with Crippen LogP contribution in [-0.2, 0) is 24.4 Å². The second-order valence-corrected chi connectivity index (χ2v) is 19.5. The van der Waals surface area contributed by atoms with E-state index in [-0.39, 0.29) is 49.0 Å². The molecule has 1 aromatic heterocycles. The smallest absolute Gasteiger partial charge is 0.297 e. The van der Waals surface area contributed by atoms with Gasteiger partial charge in [0.2, 0.25) is 21.8 Å². The van der Waals surface area contributed by atoms with Crippen molar-refractivity contribution in [3.8, 4) is 6.01 Å². The molecule has 0 unspecified atom stereocenters. The molecule has 306 valence electrons. The molecule has 2 aromatic carbocycles. The lowest BCUT2D eigenvalue weighted by atomic mass is 10.0. The number of nitrogens with zero attached hydrogens (tertiary/aromatic N) is 3. The van der Waals surface area contributed by atoms with Crippen LogP contribution in [0, 0.1) is 11.8 Å². The molecule has 3 N–H and O–H groups in total. The van der Waals surface area contributed by atoms with E-state index in [1.54, 1.807) is 17.9 Å². The van der Waals surface area contributed by atoms with Gasteiger partial charge in [-0.1, -0.05) is 63.1 Å². The number of anilines is 1. The summed E-state index contributed by atoms with van der Waals surface area (Å²) in [6.07, 6.45) is 8.68. The Labute approximate surface area is 335 Å². The fraction of sp³-hybridized carbons (Fsp3) is 0.558. The highest BCUT2D eigenvalue weighted by Crippen LogP contribution is 2.47. The monoisotopic (exact) mass is 800 g/mol. The van der Waals surface area contributed by atoms with Crippen LogP contribution in [0.2, 0.25) is 0 Å². The first kappa shape index (κ1) is 40.5. The molecule has 13 nitrogen and oxygen atoms in total. The molecule has 1 saturated heterocycles. The molecule has 2 saturated carbocycles. The Morgan fingerprint density at radius 2 is 1.77 bits per heavy atom. The highest BCUT2D eigenvalue weighted by Gasteiger charge is 2.63. The highest BCUT2D eigenvalue weighted by atomic mass is 32.2. The molecule has 5 atom stereocenters. The zero-order valence-corrected chi connectivity index (χ0v) is 34.4. The van der Waals surface area contributed by atoms with Crippen molar-refractivity contribution in [3.05, 3.63) is 66.2 Å². The van der Waals surface area contributed by atoms with E-state index < -0.39 is 56.2 Å². The zero-order chi connectivity index (χ0) is 40.7. The predicted molar refractivity (Wildman–Crippen MR) is 218 cm³/mol. The summed E-state index contributed by atoms with van der Waals surface area (Å²) in [5.74, 6) is -1.83. The number of rotatable bonds is 11. The molecular formula is C43H56N6O7S. The zero-order valence-electron chi connectivity index (χ0n) is 33.6. The van der Waals surface area contributed by atoms with Crippen LogP contribution in [0.15, 0.2) is 60.7 Å². The first-order valence-corrected chi connectivity index (χ1v) is 22.0. The number of benzene rings is 2. The Bertz CT molecular complexity index is 2160. The number of allylic oxidation sites excluding steroid dienone is 1. The van der Waals surface area contributed by atoms with Crippen molar-refractivity contribution in [2.45, 2.75) is 133 Å². The number of aromatic nitrogens is 2. The first-order valence-electron chi connectivity index (χ1n) is 20.5. The number of imidazole rings is 1. The molecule has 3 aromatic rings. The van der Waals surface area contributed by atoms with E-state index in [1.165, 1.54) is 0 Å². The Morgan fingerprint density at radius 3 is 2.47 bits per heavy atom. The number of ketones is 1. The van der Waals surface area contributed by atoms with Crippen LogP contribution < -0.4 is 20.1 Å². The molecule has 0 spiro atoms. The van der Waals surface area contributed by atoms with Crippen molar-refractivity contribution in [1.82, 2.24) is 24.5 Å². The molecule has 2 aliphatic heterocycles. The van der Waals surface area contributed by atoms with Crippen molar-refractivity contribution in [2.24, 2.45) is 11.8 Å². The minimum atomic E-state index is -3.97. The number of sulfonamides is 1. The number of para-hydroxylation sites is 2. The number of nitrogens with one attached hydrogen (secondary N) is 3. The summed E-state index contributed by atoms with van der Waals surface area (Å²) in [5.41, 5.74) is 1.10. The molecule has 0 radical (unpaired) electrons. The summed E-state index contributed by atoms with van der Waals surface area (Å²) in [6.45, 7) is 9.68. The molecule has 7 rings (SSSR count). The lowest BCUT2D eigenvalue weighted by molar-refractivity contribution is -0.140. The number of hydrogen-bond acceptors (Lipinski definition) is 9. The summed E-state index contributed by atoms with van der Waals surface area (Å²) in [7, 11) is -3.97. The van der Waals surface area contributed by atoms with E-state index in [1.807, 2.05) is 86.9 Å². The molecule has 3 fully saturated rings. The van der Waals surface area contributed by atoms with E-state index in [0.717, 1.165) is 36.9 Å². The Balaban J connectivity index is 1.22. The van der Waals surface area contributed by atoms with Gasteiger partial charge in [-0.2, -0.15) is 4.98 Å². The van der Waals surface area contributed by atoms with Crippen LogP contribution in [0.25, 0.3) is 11.0 Å². The standard InChI is InChI=1S/C43H56N6O7S/c1-27(2)23-36(50)32-18-14-20-34-37(32)45-41(49(34)28(3)4)56-31-24-35-38(51)46-43(40(53)47-57(54,55)42(5)21-22-42)25-29(43)15-10-7-6-8-13-19-33(39(52)48(35)26-31)44-30-16-11-9-12-17-30/h9-12,14-18,20,27-29,31,33,35,44H,6-8,13,19,21-26H2,1-5H3,(H,46,51)(H,47,53)/b15-10-/t29-,31+,33-,35-,43+/m0/s1. The third kappa shape index (κ3) is 8.33. The summed E-state index contributed by atoms with van der Waals surface area (Å²) in [4.78, 5) is 63.0. The van der Waals surface area contributed by atoms with Gasteiger partial charge < -0.3 is 20.3 Å². The van der Waals surface area contributed by atoms with E-state index in [4.69, 9.17) is 9.72 Å². The molecule has 2 aliphatic carbocycles.